The quantitative estimate of drug-likeness (QED) is 0.404. The first kappa shape index (κ1) is 12.5. The van der Waals surface area contributed by atoms with Crippen LogP contribution in [0.5, 0.6) is 5.88 Å². The molecule has 1 rings (SSSR count). The van der Waals surface area contributed by atoms with Crippen LogP contribution in [0.4, 0.5) is 11.4 Å². The Morgan fingerprint density at radius 3 is 2.62 bits per heavy atom. The maximum absolute atomic E-state index is 9.48. The van der Waals surface area contributed by atoms with E-state index >= 15 is 0 Å². The molecule has 0 radical (unpaired) electrons. The van der Waals surface area contributed by atoms with Gasteiger partial charge in [-0.1, -0.05) is 0 Å². The molecule has 0 spiro atoms. The summed E-state index contributed by atoms with van der Waals surface area (Å²) in [5.41, 5.74) is 9.79. The summed E-state index contributed by atoms with van der Waals surface area (Å²) in [5, 5.41) is 27.1. The van der Waals surface area contributed by atoms with Crippen molar-refractivity contribution < 1.29 is 20.1 Å². The van der Waals surface area contributed by atoms with Crippen molar-refractivity contribution in [3.8, 4) is 5.88 Å². The molecule has 0 amide bonds. The smallest absolute Gasteiger partial charge is 0.237 e. The van der Waals surface area contributed by atoms with Crippen LogP contribution in [0.2, 0.25) is 0 Å². The Kier molecular flexibility index (Phi) is 3.53. The van der Waals surface area contributed by atoms with Crippen LogP contribution in [-0.4, -0.2) is 38.8 Å². The van der Waals surface area contributed by atoms with E-state index < -0.39 is 11.9 Å². The van der Waals surface area contributed by atoms with Gasteiger partial charge in [0.25, 0.3) is 0 Å². The first-order chi connectivity index (χ1) is 7.33. The molecule has 1 aromatic rings. The number of ether oxygens (including phenoxy) is 1. The SMILES string of the molecule is CC(O)(COc1ncc(N)cc1N)C(O)O. The molecule has 0 aliphatic carbocycles. The third kappa shape index (κ3) is 2.96. The van der Waals surface area contributed by atoms with E-state index in [4.69, 9.17) is 26.4 Å². The van der Waals surface area contributed by atoms with Crippen LogP contribution < -0.4 is 16.2 Å². The Hall–Kier alpha value is -1.57. The van der Waals surface area contributed by atoms with Crippen LogP contribution in [0, 0.1) is 0 Å². The van der Waals surface area contributed by atoms with Gasteiger partial charge < -0.3 is 31.5 Å². The van der Waals surface area contributed by atoms with E-state index in [9.17, 15) is 5.11 Å². The zero-order valence-electron chi connectivity index (χ0n) is 8.79. The first-order valence-corrected chi connectivity index (χ1v) is 4.55. The Bertz CT molecular complexity index is 368. The van der Waals surface area contributed by atoms with Gasteiger partial charge in [-0.05, 0) is 13.0 Å². The van der Waals surface area contributed by atoms with E-state index in [2.05, 4.69) is 4.98 Å². The molecule has 0 aliphatic rings. The molecular formula is C9H15N3O4. The average Bonchev–Trinajstić information content (AvgIpc) is 2.16. The lowest BCUT2D eigenvalue weighted by molar-refractivity contribution is -0.187. The second kappa shape index (κ2) is 4.52. The van der Waals surface area contributed by atoms with Gasteiger partial charge in [-0.15, -0.1) is 0 Å². The van der Waals surface area contributed by atoms with Gasteiger partial charge in [0.1, 0.15) is 12.2 Å². The van der Waals surface area contributed by atoms with E-state index in [0.29, 0.717) is 5.69 Å². The predicted octanol–water partition coefficient (Wildman–Crippen LogP) is -1.31. The number of nitrogens with two attached hydrogens (primary N) is 2. The second-order valence-electron chi connectivity index (χ2n) is 3.68. The minimum atomic E-state index is -1.91. The van der Waals surface area contributed by atoms with Gasteiger partial charge in [0, 0.05) is 0 Å². The number of aliphatic hydroxyl groups excluding tert-OH is 1. The molecule has 0 saturated carbocycles. The van der Waals surface area contributed by atoms with E-state index in [-0.39, 0.29) is 18.2 Å². The maximum atomic E-state index is 9.48. The molecule has 1 heterocycles. The average molecular weight is 229 g/mol. The highest BCUT2D eigenvalue weighted by Crippen LogP contribution is 2.21. The van der Waals surface area contributed by atoms with Gasteiger partial charge >= 0.3 is 0 Å². The molecule has 7 nitrogen and oxygen atoms in total. The first-order valence-electron chi connectivity index (χ1n) is 4.55. The number of nitrogens with zero attached hydrogens (tertiary/aromatic N) is 1. The molecule has 0 fully saturated rings. The van der Waals surface area contributed by atoms with Crippen molar-refractivity contribution in [2.75, 3.05) is 18.1 Å². The number of aliphatic hydroxyl groups is 3. The number of hydrogen-bond acceptors (Lipinski definition) is 7. The molecule has 90 valence electrons. The van der Waals surface area contributed by atoms with Crippen LogP contribution in [0.25, 0.3) is 0 Å². The molecule has 7 N–H and O–H groups in total. The summed E-state index contributed by atoms with van der Waals surface area (Å²) in [6, 6.07) is 1.45. The van der Waals surface area contributed by atoms with E-state index in [0.717, 1.165) is 0 Å². The molecule has 7 heteroatoms. The number of aromatic nitrogens is 1. The summed E-state index contributed by atoms with van der Waals surface area (Å²) >= 11 is 0. The lowest BCUT2D eigenvalue weighted by Gasteiger charge is -2.24. The van der Waals surface area contributed by atoms with Crippen molar-refractivity contribution in [2.45, 2.75) is 18.8 Å². The minimum Gasteiger partial charge on any atom is -0.473 e. The molecule has 0 aromatic carbocycles. The third-order valence-electron chi connectivity index (χ3n) is 1.96. The number of anilines is 2. The Morgan fingerprint density at radius 2 is 2.12 bits per heavy atom. The van der Waals surface area contributed by atoms with Crippen LogP contribution in [-0.2, 0) is 0 Å². The van der Waals surface area contributed by atoms with Crippen molar-refractivity contribution in [1.82, 2.24) is 4.98 Å². The van der Waals surface area contributed by atoms with Gasteiger partial charge in [-0.2, -0.15) is 0 Å². The number of nitrogen functional groups attached to an aromatic ring is 2. The van der Waals surface area contributed by atoms with Gasteiger partial charge in [0.05, 0.1) is 17.6 Å². The Morgan fingerprint density at radius 1 is 1.50 bits per heavy atom. The van der Waals surface area contributed by atoms with Crippen molar-refractivity contribution >= 4 is 11.4 Å². The topological polar surface area (TPSA) is 135 Å². The van der Waals surface area contributed by atoms with Gasteiger partial charge in [-0.25, -0.2) is 4.98 Å². The summed E-state index contributed by atoms with van der Waals surface area (Å²) in [6.45, 7) is 0.858. The molecule has 0 aliphatic heterocycles. The van der Waals surface area contributed by atoms with Gasteiger partial charge in [0.15, 0.2) is 6.29 Å². The van der Waals surface area contributed by atoms with E-state index in [1.807, 2.05) is 0 Å². The van der Waals surface area contributed by atoms with Crippen molar-refractivity contribution in [3.63, 3.8) is 0 Å². The third-order valence-corrected chi connectivity index (χ3v) is 1.96. The number of rotatable bonds is 4. The summed E-state index contributed by atoms with van der Waals surface area (Å²) in [4.78, 5) is 3.79. The molecule has 1 aromatic heterocycles. The maximum Gasteiger partial charge on any atom is 0.237 e. The highest BCUT2D eigenvalue weighted by molar-refractivity contribution is 5.56. The van der Waals surface area contributed by atoms with Gasteiger partial charge in [-0.3, -0.25) is 0 Å². The molecule has 1 unspecified atom stereocenters. The molecular weight excluding hydrogens is 214 g/mol. The Balaban J connectivity index is 2.68. The summed E-state index contributed by atoms with van der Waals surface area (Å²) in [6.07, 6.45) is -0.571. The number of pyridine rings is 1. The van der Waals surface area contributed by atoms with Crippen molar-refractivity contribution in [3.05, 3.63) is 12.3 Å². The molecule has 1 atom stereocenters. The molecule has 0 bridgehead atoms. The normalized spacial score (nSPS) is 14.8. The van der Waals surface area contributed by atoms with Crippen molar-refractivity contribution in [2.24, 2.45) is 0 Å². The standard InChI is InChI=1S/C9H15N3O4/c1-9(15,8(13)14)4-16-7-6(11)2-5(10)3-12-7/h2-3,8,13-15H,4,10-11H2,1H3. The zero-order valence-corrected chi connectivity index (χ0v) is 8.79. The van der Waals surface area contributed by atoms with Crippen LogP contribution in [0.15, 0.2) is 12.3 Å². The van der Waals surface area contributed by atoms with Gasteiger partial charge in [0.2, 0.25) is 5.88 Å². The van der Waals surface area contributed by atoms with Crippen LogP contribution in [0.3, 0.4) is 0 Å². The molecule has 16 heavy (non-hydrogen) atoms. The zero-order chi connectivity index (χ0) is 12.3. The molecule has 0 saturated heterocycles. The van der Waals surface area contributed by atoms with Crippen LogP contribution >= 0.6 is 0 Å². The largest absolute Gasteiger partial charge is 0.473 e. The summed E-state index contributed by atoms with van der Waals surface area (Å²) < 4.78 is 5.06. The fourth-order valence-corrected chi connectivity index (χ4v) is 0.896. The summed E-state index contributed by atoms with van der Waals surface area (Å²) in [7, 11) is 0. The van der Waals surface area contributed by atoms with E-state index in [1.54, 1.807) is 0 Å². The number of hydrogen-bond donors (Lipinski definition) is 5. The summed E-state index contributed by atoms with van der Waals surface area (Å²) in [5.74, 6) is 0.0788. The lowest BCUT2D eigenvalue weighted by atomic mass is 10.1. The fraction of sp³-hybridized carbons (Fsp3) is 0.444. The van der Waals surface area contributed by atoms with Crippen LogP contribution in [0.1, 0.15) is 6.92 Å². The second-order valence-corrected chi connectivity index (χ2v) is 3.68. The highest BCUT2D eigenvalue weighted by atomic mass is 16.5. The Labute approximate surface area is 92.3 Å². The van der Waals surface area contributed by atoms with Crippen molar-refractivity contribution in [1.29, 1.82) is 0 Å². The van der Waals surface area contributed by atoms with E-state index in [1.165, 1.54) is 19.2 Å². The minimum absolute atomic E-state index is 0.0788. The predicted molar refractivity (Wildman–Crippen MR) is 57.4 cm³/mol. The monoisotopic (exact) mass is 229 g/mol. The fourth-order valence-electron chi connectivity index (χ4n) is 0.896. The lowest BCUT2D eigenvalue weighted by Crippen LogP contribution is -2.44. The highest BCUT2D eigenvalue weighted by Gasteiger charge is 2.30.